The third kappa shape index (κ3) is 4.29. The smallest absolute Gasteiger partial charge is 0.410 e. The molecule has 2 atom stereocenters. The number of hydrogen-bond acceptors (Lipinski definition) is 4. The van der Waals surface area contributed by atoms with Crippen LogP contribution in [0.1, 0.15) is 46.5 Å². The van der Waals surface area contributed by atoms with E-state index in [-0.39, 0.29) is 6.09 Å². The second-order valence-electron chi connectivity index (χ2n) is 8.02. The van der Waals surface area contributed by atoms with Crippen molar-refractivity contribution in [2.45, 2.75) is 70.7 Å². The molecule has 2 aliphatic rings. The molecule has 2 fully saturated rings. The Labute approximate surface area is 144 Å². The number of amides is 1. The summed E-state index contributed by atoms with van der Waals surface area (Å²) in [4.78, 5) is 21.2. The number of ether oxygens (including phenoxy) is 1. The molecular weight excluding hydrogens is 304 g/mol. The first kappa shape index (κ1) is 17.3. The molecule has 1 amide bonds. The van der Waals surface area contributed by atoms with Gasteiger partial charge >= 0.3 is 6.09 Å². The highest BCUT2D eigenvalue weighted by Gasteiger charge is 2.41. The highest BCUT2D eigenvalue weighted by molar-refractivity contribution is 5.69. The van der Waals surface area contributed by atoms with Crippen molar-refractivity contribution in [3.8, 4) is 0 Å². The van der Waals surface area contributed by atoms with Crippen molar-refractivity contribution in [2.75, 3.05) is 19.6 Å². The Bertz CT molecular complexity index is 538. The maximum absolute atomic E-state index is 12.6. The quantitative estimate of drug-likeness (QED) is 0.849. The van der Waals surface area contributed by atoms with Gasteiger partial charge in [-0.3, -0.25) is 0 Å². The minimum Gasteiger partial charge on any atom is -0.444 e. The van der Waals surface area contributed by atoms with Crippen molar-refractivity contribution in [1.82, 2.24) is 19.4 Å². The first-order valence-electron chi connectivity index (χ1n) is 9.12. The molecular formula is C18H30N4O2. The summed E-state index contributed by atoms with van der Waals surface area (Å²) in [5.74, 6) is 0. The van der Waals surface area contributed by atoms with E-state index in [4.69, 9.17) is 4.74 Å². The molecule has 6 nitrogen and oxygen atoms in total. The summed E-state index contributed by atoms with van der Waals surface area (Å²) < 4.78 is 7.76. The summed E-state index contributed by atoms with van der Waals surface area (Å²) in [6, 6.07) is 0.657. The lowest BCUT2D eigenvalue weighted by atomic mass is 10.1. The van der Waals surface area contributed by atoms with Crippen molar-refractivity contribution in [1.29, 1.82) is 0 Å². The molecule has 24 heavy (non-hydrogen) atoms. The number of likely N-dealkylation sites (tertiary alicyclic amines) is 1. The SMILES string of the molecule is CC(C)(C)OC(=O)N1C2CCC1CN(CCCn1ccnc1)CC2. The van der Waals surface area contributed by atoms with Crippen LogP contribution in [0.15, 0.2) is 18.7 Å². The highest BCUT2D eigenvalue weighted by atomic mass is 16.6. The van der Waals surface area contributed by atoms with Crippen LogP contribution in [0.25, 0.3) is 0 Å². The van der Waals surface area contributed by atoms with Gasteiger partial charge in [0.05, 0.1) is 6.33 Å². The summed E-state index contributed by atoms with van der Waals surface area (Å²) in [5.41, 5.74) is -0.423. The van der Waals surface area contributed by atoms with Gasteiger partial charge in [-0.2, -0.15) is 0 Å². The number of aryl methyl sites for hydroxylation is 1. The minimum absolute atomic E-state index is 0.129. The van der Waals surface area contributed by atoms with E-state index in [2.05, 4.69) is 14.5 Å². The molecule has 2 unspecified atom stereocenters. The Morgan fingerprint density at radius 3 is 2.71 bits per heavy atom. The molecule has 0 saturated carbocycles. The lowest BCUT2D eigenvalue weighted by Gasteiger charge is -2.31. The zero-order valence-corrected chi connectivity index (χ0v) is 15.1. The molecule has 3 rings (SSSR count). The maximum atomic E-state index is 12.6. The number of aromatic nitrogens is 2. The van der Waals surface area contributed by atoms with Crippen LogP contribution >= 0.6 is 0 Å². The molecule has 2 bridgehead atoms. The summed E-state index contributed by atoms with van der Waals surface area (Å²) in [6.07, 6.45) is 9.96. The number of carbonyl (C=O) groups is 1. The lowest BCUT2D eigenvalue weighted by molar-refractivity contribution is 0.0153. The van der Waals surface area contributed by atoms with Crippen LogP contribution in [0.2, 0.25) is 0 Å². The Balaban J connectivity index is 1.53. The molecule has 1 aromatic rings. The molecule has 0 aromatic carbocycles. The van der Waals surface area contributed by atoms with E-state index in [9.17, 15) is 4.79 Å². The van der Waals surface area contributed by atoms with Crippen molar-refractivity contribution in [3.63, 3.8) is 0 Å². The Morgan fingerprint density at radius 1 is 1.21 bits per heavy atom. The lowest BCUT2D eigenvalue weighted by Crippen LogP contribution is -2.45. The molecule has 2 aliphatic heterocycles. The van der Waals surface area contributed by atoms with Crippen molar-refractivity contribution in [2.24, 2.45) is 0 Å². The predicted molar refractivity (Wildman–Crippen MR) is 92.8 cm³/mol. The third-order valence-electron chi connectivity index (χ3n) is 4.92. The van der Waals surface area contributed by atoms with Gasteiger partial charge in [0.1, 0.15) is 5.60 Å². The summed E-state index contributed by atoms with van der Waals surface area (Å²) in [6.45, 7) is 9.93. The Kier molecular flexibility index (Phi) is 5.13. The van der Waals surface area contributed by atoms with Crippen LogP contribution < -0.4 is 0 Å². The second-order valence-corrected chi connectivity index (χ2v) is 8.02. The monoisotopic (exact) mass is 334 g/mol. The highest BCUT2D eigenvalue weighted by Crippen LogP contribution is 2.31. The van der Waals surface area contributed by atoms with E-state index in [1.165, 1.54) is 0 Å². The average molecular weight is 334 g/mol. The van der Waals surface area contributed by atoms with E-state index in [0.29, 0.717) is 12.1 Å². The molecule has 0 radical (unpaired) electrons. The first-order valence-corrected chi connectivity index (χ1v) is 9.12. The van der Waals surface area contributed by atoms with Gasteiger partial charge in [-0.25, -0.2) is 9.78 Å². The molecule has 2 saturated heterocycles. The van der Waals surface area contributed by atoms with Gasteiger partial charge in [-0.05, 0) is 53.0 Å². The number of carbonyl (C=O) groups excluding carboxylic acids is 1. The van der Waals surface area contributed by atoms with Crippen molar-refractivity contribution in [3.05, 3.63) is 18.7 Å². The molecule has 0 N–H and O–H groups in total. The maximum Gasteiger partial charge on any atom is 0.410 e. The van der Waals surface area contributed by atoms with E-state index < -0.39 is 5.60 Å². The molecule has 0 spiro atoms. The van der Waals surface area contributed by atoms with Gasteiger partial charge in [-0.1, -0.05) is 0 Å². The fourth-order valence-corrected chi connectivity index (χ4v) is 3.86. The van der Waals surface area contributed by atoms with Gasteiger partial charge in [0, 0.05) is 44.1 Å². The first-order chi connectivity index (χ1) is 11.4. The van der Waals surface area contributed by atoms with Crippen LogP contribution in [0, 0.1) is 0 Å². The summed E-state index contributed by atoms with van der Waals surface area (Å²) in [5, 5.41) is 0. The molecule has 134 valence electrons. The molecule has 0 aliphatic carbocycles. The Hall–Kier alpha value is -1.56. The fraction of sp³-hybridized carbons (Fsp3) is 0.778. The predicted octanol–water partition coefficient (Wildman–Crippen LogP) is 2.75. The number of nitrogens with zero attached hydrogens (tertiary/aromatic N) is 4. The van der Waals surface area contributed by atoms with E-state index in [1.54, 1.807) is 0 Å². The molecule has 1 aromatic heterocycles. The van der Waals surface area contributed by atoms with E-state index >= 15 is 0 Å². The molecule has 6 heteroatoms. The van der Waals surface area contributed by atoms with E-state index in [1.807, 2.05) is 44.4 Å². The number of fused-ring (bicyclic) bond motifs is 2. The van der Waals surface area contributed by atoms with Gasteiger partial charge in [-0.15, -0.1) is 0 Å². The van der Waals surface area contributed by atoms with Crippen LogP contribution in [-0.4, -0.2) is 62.8 Å². The number of rotatable bonds is 4. The van der Waals surface area contributed by atoms with Gasteiger partial charge in [0.15, 0.2) is 0 Å². The van der Waals surface area contributed by atoms with Crippen LogP contribution in [0.4, 0.5) is 4.79 Å². The summed E-state index contributed by atoms with van der Waals surface area (Å²) in [7, 11) is 0. The topological polar surface area (TPSA) is 50.6 Å². The van der Waals surface area contributed by atoms with E-state index in [0.717, 1.165) is 51.9 Å². The minimum atomic E-state index is -0.423. The zero-order valence-electron chi connectivity index (χ0n) is 15.1. The standard InChI is InChI=1S/C18H30N4O2/c1-18(2,3)24-17(23)22-15-5-6-16(22)13-20(11-7-15)9-4-10-21-12-8-19-14-21/h8,12,14-16H,4-7,9-11,13H2,1-3H3. The van der Waals surface area contributed by atoms with Crippen LogP contribution in [-0.2, 0) is 11.3 Å². The molecule has 3 heterocycles. The van der Waals surface area contributed by atoms with Crippen molar-refractivity contribution >= 4 is 6.09 Å². The van der Waals surface area contributed by atoms with Gasteiger partial charge < -0.3 is 19.1 Å². The zero-order chi connectivity index (χ0) is 17.2. The van der Waals surface area contributed by atoms with Gasteiger partial charge in [0.2, 0.25) is 0 Å². The number of imidazole rings is 1. The van der Waals surface area contributed by atoms with Crippen molar-refractivity contribution < 1.29 is 9.53 Å². The fourth-order valence-electron chi connectivity index (χ4n) is 3.86. The van der Waals surface area contributed by atoms with Crippen LogP contribution in [0.5, 0.6) is 0 Å². The summed E-state index contributed by atoms with van der Waals surface area (Å²) >= 11 is 0. The third-order valence-corrected chi connectivity index (χ3v) is 4.92. The second kappa shape index (κ2) is 7.13. The Morgan fingerprint density at radius 2 is 2.00 bits per heavy atom. The number of hydrogen-bond donors (Lipinski definition) is 0. The average Bonchev–Trinajstić information content (AvgIpc) is 3.06. The van der Waals surface area contributed by atoms with Gasteiger partial charge in [0.25, 0.3) is 0 Å². The largest absolute Gasteiger partial charge is 0.444 e. The van der Waals surface area contributed by atoms with Crippen LogP contribution in [0.3, 0.4) is 0 Å². The normalized spacial score (nSPS) is 24.9.